The van der Waals surface area contributed by atoms with Crippen LogP contribution >= 0.6 is 0 Å². The van der Waals surface area contributed by atoms with E-state index in [4.69, 9.17) is 4.42 Å². The van der Waals surface area contributed by atoms with E-state index in [9.17, 15) is 0 Å². The molecule has 69 heavy (non-hydrogen) atoms. The summed E-state index contributed by atoms with van der Waals surface area (Å²) >= 11 is 0. The van der Waals surface area contributed by atoms with Gasteiger partial charge >= 0.3 is 0 Å². The van der Waals surface area contributed by atoms with E-state index in [0.29, 0.717) is 0 Å². The first-order valence-corrected chi connectivity index (χ1v) is 25.0. The van der Waals surface area contributed by atoms with Crippen LogP contribution in [0.5, 0.6) is 0 Å². The highest BCUT2D eigenvalue weighted by Crippen LogP contribution is 2.56. The topological polar surface area (TPSA) is 22.9 Å². The first-order chi connectivity index (χ1) is 33.0. The van der Waals surface area contributed by atoms with Gasteiger partial charge < -0.3 is 19.1 Å². The number of aryl methyl sites for hydroxylation is 2. The summed E-state index contributed by atoms with van der Waals surface area (Å²) in [7, 11) is 0. The zero-order valence-corrected chi connectivity index (χ0v) is 41.8. The van der Waals surface area contributed by atoms with Gasteiger partial charge in [-0.05, 0) is 177 Å². The maximum absolute atomic E-state index is 6.68. The van der Waals surface area contributed by atoms with Crippen molar-refractivity contribution < 1.29 is 4.42 Å². The number of anilines is 9. The van der Waals surface area contributed by atoms with Crippen LogP contribution in [0.15, 0.2) is 162 Å². The summed E-state index contributed by atoms with van der Waals surface area (Å²) < 4.78 is 6.68. The third kappa shape index (κ3) is 6.08. The van der Waals surface area contributed by atoms with Gasteiger partial charge in [0.2, 0.25) is 0 Å². The van der Waals surface area contributed by atoms with E-state index in [1.54, 1.807) is 0 Å². The van der Waals surface area contributed by atoms with Gasteiger partial charge in [-0.1, -0.05) is 134 Å². The molecule has 8 aromatic carbocycles. The second kappa shape index (κ2) is 14.3. The van der Waals surface area contributed by atoms with Crippen molar-refractivity contribution in [3.8, 4) is 0 Å². The van der Waals surface area contributed by atoms with Gasteiger partial charge in [0.1, 0.15) is 11.2 Å². The molecule has 0 saturated heterocycles. The van der Waals surface area contributed by atoms with E-state index in [0.717, 1.165) is 57.5 Å². The molecule has 0 radical (unpaired) electrons. The van der Waals surface area contributed by atoms with Gasteiger partial charge in [-0.25, -0.2) is 0 Å². The molecule has 0 fully saturated rings. The maximum atomic E-state index is 6.68. The van der Waals surface area contributed by atoms with Crippen molar-refractivity contribution >= 4 is 96.2 Å². The molecule has 2 aliphatic carbocycles. The molecule has 340 valence electrons. The Morgan fingerprint density at radius 2 is 0.957 bits per heavy atom. The molecule has 4 nitrogen and oxygen atoms in total. The normalized spacial score (nSPS) is 17.4. The number of fused-ring (bicyclic) bond motifs is 9. The van der Waals surface area contributed by atoms with E-state index in [1.807, 2.05) is 0 Å². The van der Waals surface area contributed by atoms with Crippen molar-refractivity contribution in [2.45, 2.75) is 104 Å². The largest absolute Gasteiger partial charge is 0.456 e. The summed E-state index contributed by atoms with van der Waals surface area (Å²) in [6.45, 7) is 24.2. The van der Waals surface area contributed by atoms with Crippen molar-refractivity contribution in [2.75, 3.05) is 14.7 Å². The maximum Gasteiger partial charge on any atom is 0.252 e. The van der Waals surface area contributed by atoms with Gasteiger partial charge in [0.05, 0.1) is 11.1 Å². The molecule has 4 aliphatic rings. The SMILES string of the molecule is Cc1cc2c3c(c1)N(c1cccc4oc5ccccc5c14)c1cc(N(c4ccccc4)c4ccccc4)ccc1B3c1cc3c(cc1N2c1cc2c(cc1C)C(C)(C)CC2(C)C)C(C)(C)CC3(C)C. The number of para-hydroxylation sites is 3. The molecular formula is C64H60BN3O. The van der Waals surface area contributed by atoms with E-state index in [-0.39, 0.29) is 28.4 Å². The highest BCUT2D eigenvalue weighted by Gasteiger charge is 2.49. The molecule has 0 atom stereocenters. The van der Waals surface area contributed by atoms with Gasteiger partial charge in [0.15, 0.2) is 0 Å². The number of rotatable bonds is 5. The quantitative estimate of drug-likeness (QED) is 0.161. The number of hydrogen-bond donors (Lipinski definition) is 0. The lowest BCUT2D eigenvalue weighted by Gasteiger charge is -2.45. The summed E-state index contributed by atoms with van der Waals surface area (Å²) in [5.74, 6) is 0. The van der Waals surface area contributed by atoms with Crippen LogP contribution in [0.25, 0.3) is 21.9 Å². The third-order valence-electron chi connectivity index (χ3n) is 16.5. The van der Waals surface area contributed by atoms with Crippen molar-refractivity contribution in [1.82, 2.24) is 0 Å². The standard InChI is InChI=1S/C64H60BN3O/c1-39-30-55-60-56(31-39)68(52-35-47-45(32-40(52)2)61(3,4)37-63(47,7)8)54-36-48-46(62(5,6)38-64(48,9)10)34-50(54)65(60)49-29-28-43(66(41-20-13-11-14-21-41)42-22-15-12-16-23-42)33-53(49)67(55)51-25-19-27-58-59(51)44-24-17-18-26-57(44)69-58/h11-36H,37-38H2,1-10H3. The zero-order valence-electron chi connectivity index (χ0n) is 41.8. The fourth-order valence-electron chi connectivity index (χ4n) is 14.1. The molecule has 0 N–H and O–H groups in total. The van der Waals surface area contributed by atoms with Crippen LogP contribution in [0.2, 0.25) is 0 Å². The van der Waals surface area contributed by atoms with Crippen LogP contribution in [0.1, 0.15) is 102 Å². The molecule has 9 aromatic rings. The van der Waals surface area contributed by atoms with Gasteiger partial charge in [-0.2, -0.15) is 0 Å². The van der Waals surface area contributed by atoms with Crippen LogP contribution in [-0.4, -0.2) is 6.71 Å². The molecule has 0 saturated carbocycles. The number of hydrogen-bond acceptors (Lipinski definition) is 4. The molecule has 0 unspecified atom stereocenters. The molecule has 5 heteroatoms. The summed E-state index contributed by atoms with van der Waals surface area (Å²) in [5.41, 5.74) is 25.1. The van der Waals surface area contributed by atoms with E-state index >= 15 is 0 Å². The molecule has 0 spiro atoms. The first-order valence-electron chi connectivity index (χ1n) is 25.0. The van der Waals surface area contributed by atoms with Crippen molar-refractivity contribution in [3.63, 3.8) is 0 Å². The predicted octanol–water partition coefficient (Wildman–Crippen LogP) is 15.7. The van der Waals surface area contributed by atoms with Crippen molar-refractivity contribution in [1.29, 1.82) is 0 Å². The average molecular weight is 898 g/mol. The van der Waals surface area contributed by atoms with E-state index in [1.165, 1.54) is 78.2 Å². The van der Waals surface area contributed by atoms with Crippen LogP contribution in [0.3, 0.4) is 0 Å². The van der Waals surface area contributed by atoms with Crippen LogP contribution in [0.4, 0.5) is 51.2 Å². The smallest absolute Gasteiger partial charge is 0.252 e. The number of benzene rings is 8. The minimum atomic E-state index is -0.0285. The number of furan rings is 1. The lowest BCUT2D eigenvalue weighted by atomic mass is 9.33. The molecule has 3 heterocycles. The van der Waals surface area contributed by atoms with Gasteiger partial charge in [-0.15, -0.1) is 0 Å². The highest BCUT2D eigenvalue weighted by atomic mass is 16.3. The number of nitrogens with zero attached hydrogens (tertiary/aromatic N) is 3. The summed E-state index contributed by atoms with van der Waals surface area (Å²) in [6, 6.07) is 59.3. The average Bonchev–Trinajstić information content (AvgIpc) is 3.85. The molecule has 0 bridgehead atoms. The second-order valence-corrected chi connectivity index (χ2v) is 23.3. The monoisotopic (exact) mass is 897 g/mol. The van der Waals surface area contributed by atoms with Gasteiger partial charge in [-0.3, -0.25) is 0 Å². The fourth-order valence-corrected chi connectivity index (χ4v) is 14.1. The van der Waals surface area contributed by atoms with Crippen LogP contribution in [-0.2, 0) is 21.7 Å². The Balaban J connectivity index is 1.15. The second-order valence-electron chi connectivity index (χ2n) is 23.3. The lowest BCUT2D eigenvalue weighted by Crippen LogP contribution is -2.61. The molecule has 2 aliphatic heterocycles. The predicted molar refractivity (Wildman–Crippen MR) is 293 cm³/mol. The lowest BCUT2D eigenvalue weighted by molar-refractivity contribution is 0.403. The van der Waals surface area contributed by atoms with E-state index in [2.05, 4.69) is 242 Å². The molecule has 0 amide bonds. The van der Waals surface area contributed by atoms with Gasteiger partial charge in [0.25, 0.3) is 6.71 Å². The van der Waals surface area contributed by atoms with Crippen LogP contribution < -0.4 is 31.1 Å². The Hall–Kier alpha value is -6.98. The van der Waals surface area contributed by atoms with Crippen molar-refractivity contribution in [2.24, 2.45) is 0 Å². The summed E-state index contributed by atoms with van der Waals surface area (Å²) in [5, 5.41) is 2.24. The van der Waals surface area contributed by atoms with Crippen LogP contribution in [0, 0.1) is 13.8 Å². The van der Waals surface area contributed by atoms with E-state index < -0.39 is 0 Å². The van der Waals surface area contributed by atoms with Gasteiger partial charge in [0, 0.05) is 50.9 Å². The highest BCUT2D eigenvalue weighted by molar-refractivity contribution is 7.00. The molecule has 1 aromatic heterocycles. The zero-order chi connectivity index (χ0) is 47.5. The molecule has 13 rings (SSSR count). The Bertz CT molecular complexity index is 3580. The van der Waals surface area contributed by atoms with Crippen molar-refractivity contribution in [3.05, 3.63) is 191 Å². The Morgan fingerprint density at radius 1 is 0.435 bits per heavy atom. The Labute approximate surface area is 408 Å². The summed E-state index contributed by atoms with van der Waals surface area (Å²) in [6.07, 6.45) is 2.23. The minimum absolute atomic E-state index is 0.0193. The minimum Gasteiger partial charge on any atom is -0.456 e. The molecular weight excluding hydrogens is 838 g/mol. The third-order valence-corrected chi connectivity index (χ3v) is 16.5. The Kier molecular flexibility index (Phi) is 8.73. The summed E-state index contributed by atoms with van der Waals surface area (Å²) in [4.78, 5) is 7.68. The first kappa shape index (κ1) is 42.2. The Morgan fingerprint density at radius 3 is 1.59 bits per heavy atom. The fraction of sp³-hybridized carbons (Fsp3) is 0.250.